The van der Waals surface area contributed by atoms with Gasteiger partial charge < -0.3 is 4.74 Å². The van der Waals surface area contributed by atoms with Crippen molar-refractivity contribution in [1.29, 1.82) is 0 Å². The third kappa shape index (κ3) is 2.18. The van der Waals surface area contributed by atoms with Crippen molar-refractivity contribution in [2.75, 3.05) is 7.11 Å². The van der Waals surface area contributed by atoms with Crippen molar-refractivity contribution in [1.82, 2.24) is 20.4 Å². The van der Waals surface area contributed by atoms with Crippen LogP contribution in [-0.2, 0) is 7.05 Å². The first-order valence-corrected chi connectivity index (χ1v) is 5.31. The van der Waals surface area contributed by atoms with Crippen LogP contribution < -0.4 is 16.0 Å². The highest BCUT2D eigenvalue weighted by Gasteiger charge is 2.20. The summed E-state index contributed by atoms with van der Waals surface area (Å²) in [7, 11) is 3.20. The van der Waals surface area contributed by atoms with Crippen LogP contribution in [0.15, 0.2) is 24.4 Å². The lowest BCUT2D eigenvalue weighted by Crippen LogP contribution is -2.31. The normalized spacial score (nSPS) is 12.4. The fourth-order valence-electron chi connectivity index (χ4n) is 1.76. The van der Waals surface area contributed by atoms with Gasteiger partial charge in [-0.25, -0.2) is 9.82 Å². The van der Waals surface area contributed by atoms with Crippen LogP contribution in [0.1, 0.15) is 17.3 Å². The Morgan fingerprint density at radius 2 is 2.28 bits per heavy atom. The summed E-state index contributed by atoms with van der Waals surface area (Å²) in [5, 5.41) is 7.55. The number of benzene rings is 1. The molecule has 0 spiro atoms. The first-order chi connectivity index (χ1) is 8.67. The van der Waals surface area contributed by atoms with Crippen LogP contribution in [0.3, 0.4) is 0 Å². The van der Waals surface area contributed by atoms with Crippen molar-refractivity contribution >= 4 is 0 Å². The number of halogens is 1. The first kappa shape index (κ1) is 12.5. The highest BCUT2D eigenvalue weighted by Crippen LogP contribution is 2.25. The lowest BCUT2D eigenvalue weighted by atomic mass is 10.0. The van der Waals surface area contributed by atoms with E-state index in [-0.39, 0.29) is 0 Å². The van der Waals surface area contributed by atoms with E-state index in [2.05, 4.69) is 15.7 Å². The summed E-state index contributed by atoms with van der Waals surface area (Å²) in [6, 6.07) is 4.08. The zero-order chi connectivity index (χ0) is 13.1. The van der Waals surface area contributed by atoms with Gasteiger partial charge >= 0.3 is 0 Å². The summed E-state index contributed by atoms with van der Waals surface area (Å²) < 4.78 is 20.5. The Morgan fingerprint density at radius 1 is 1.50 bits per heavy atom. The van der Waals surface area contributed by atoms with Crippen LogP contribution in [0.2, 0.25) is 0 Å². The topological polar surface area (TPSA) is 78.0 Å². The van der Waals surface area contributed by atoms with Crippen LogP contribution in [-0.4, -0.2) is 22.1 Å². The summed E-state index contributed by atoms with van der Waals surface area (Å²) in [6.45, 7) is 0. The number of ether oxygens (including phenoxy) is 1. The second-order valence-electron chi connectivity index (χ2n) is 3.77. The van der Waals surface area contributed by atoms with Gasteiger partial charge in [0.2, 0.25) is 0 Å². The fraction of sp³-hybridized carbons (Fsp3) is 0.273. The van der Waals surface area contributed by atoms with E-state index in [1.165, 1.54) is 24.1 Å². The smallest absolute Gasteiger partial charge is 0.132 e. The molecule has 96 valence electrons. The molecule has 2 rings (SSSR count). The highest BCUT2D eigenvalue weighted by molar-refractivity contribution is 5.34. The van der Waals surface area contributed by atoms with Gasteiger partial charge in [-0.1, -0.05) is 11.3 Å². The third-order valence-corrected chi connectivity index (χ3v) is 2.73. The zero-order valence-corrected chi connectivity index (χ0v) is 10.1. The SMILES string of the molecule is COc1ccc(C(NN)c2cnnn2C)c(F)c1. The minimum absolute atomic E-state index is 0.404. The van der Waals surface area contributed by atoms with Gasteiger partial charge in [0.1, 0.15) is 11.6 Å². The van der Waals surface area contributed by atoms with Gasteiger partial charge in [0, 0.05) is 18.7 Å². The summed E-state index contributed by atoms with van der Waals surface area (Å²) in [5.74, 6) is 5.54. The predicted octanol–water partition coefficient (Wildman–Crippen LogP) is 0.515. The number of nitrogens with one attached hydrogen (secondary N) is 1. The van der Waals surface area contributed by atoms with Crippen molar-refractivity contribution in [3.05, 3.63) is 41.5 Å². The van der Waals surface area contributed by atoms with Crippen molar-refractivity contribution in [2.24, 2.45) is 12.9 Å². The van der Waals surface area contributed by atoms with E-state index >= 15 is 0 Å². The van der Waals surface area contributed by atoms with E-state index in [1.807, 2.05) is 0 Å². The van der Waals surface area contributed by atoms with E-state index in [0.717, 1.165) is 0 Å². The molecular weight excluding hydrogens is 237 g/mol. The molecule has 0 bridgehead atoms. The largest absolute Gasteiger partial charge is 0.497 e. The zero-order valence-electron chi connectivity index (χ0n) is 10.1. The van der Waals surface area contributed by atoms with Gasteiger partial charge in [-0.15, -0.1) is 5.10 Å². The van der Waals surface area contributed by atoms with Crippen LogP contribution in [0, 0.1) is 5.82 Å². The van der Waals surface area contributed by atoms with Crippen molar-refractivity contribution in [3.63, 3.8) is 0 Å². The number of rotatable bonds is 4. The standard InChI is InChI=1S/C11H14FN5O/c1-17-10(6-14-16-17)11(15-13)8-4-3-7(18-2)5-9(8)12/h3-6,11,15H,13H2,1-2H3. The van der Waals surface area contributed by atoms with E-state index in [0.29, 0.717) is 17.0 Å². The number of hydrogen-bond donors (Lipinski definition) is 2. The number of nitrogens with two attached hydrogens (primary N) is 1. The molecule has 3 N–H and O–H groups in total. The van der Waals surface area contributed by atoms with E-state index in [4.69, 9.17) is 10.6 Å². The molecule has 0 saturated heterocycles. The Morgan fingerprint density at radius 3 is 2.78 bits per heavy atom. The first-order valence-electron chi connectivity index (χ1n) is 5.31. The Balaban J connectivity index is 2.42. The van der Waals surface area contributed by atoms with E-state index in [1.54, 1.807) is 19.2 Å². The number of hydrazine groups is 1. The molecule has 1 aromatic carbocycles. The van der Waals surface area contributed by atoms with Gasteiger partial charge in [0.05, 0.1) is 25.0 Å². The number of nitrogens with zero attached hydrogens (tertiary/aromatic N) is 3. The molecule has 1 unspecified atom stereocenters. The molecule has 2 aromatic rings. The third-order valence-electron chi connectivity index (χ3n) is 2.73. The summed E-state index contributed by atoms with van der Waals surface area (Å²) in [5.41, 5.74) is 3.63. The van der Waals surface area contributed by atoms with Crippen LogP contribution >= 0.6 is 0 Å². The van der Waals surface area contributed by atoms with Crippen molar-refractivity contribution < 1.29 is 9.13 Å². The van der Waals surface area contributed by atoms with Crippen LogP contribution in [0.25, 0.3) is 0 Å². The minimum atomic E-state index is -0.518. The van der Waals surface area contributed by atoms with Gasteiger partial charge in [-0.2, -0.15) is 0 Å². The molecule has 18 heavy (non-hydrogen) atoms. The molecule has 0 radical (unpaired) electrons. The molecule has 1 heterocycles. The number of methoxy groups -OCH3 is 1. The monoisotopic (exact) mass is 251 g/mol. The number of aryl methyl sites for hydroxylation is 1. The quantitative estimate of drug-likeness (QED) is 0.611. The van der Waals surface area contributed by atoms with E-state index < -0.39 is 11.9 Å². The van der Waals surface area contributed by atoms with Gasteiger partial charge in [-0.3, -0.25) is 10.5 Å². The molecule has 0 saturated carbocycles. The van der Waals surface area contributed by atoms with Gasteiger partial charge in [-0.05, 0) is 6.07 Å². The van der Waals surface area contributed by atoms with E-state index in [9.17, 15) is 4.39 Å². The number of hydrogen-bond acceptors (Lipinski definition) is 5. The lowest BCUT2D eigenvalue weighted by molar-refractivity contribution is 0.409. The van der Waals surface area contributed by atoms with Crippen molar-refractivity contribution in [2.45, 2.75) is 6.04 Å². The lowest BCUT2D eigenvalue weighted by Gasteiger charge is -2.17. The molecule has 0 aliphatic heterocycles. The number of aromatic nitrogens is 3. The maximum absolute atomic E-state index is 14.0. The predicted molar refractivity (Wildman–Crippen MR) is 63.1 cm³/mol. The molecule has 7 heteroatoms. The molecule has 0 aliphatic carbocycles. The molecule has 1 aromatic heterocycles. The maximum Gasteiger partial charge on any atom is 0.132 e. The molecular formula is C11H14FN5O. The Hall–Kier alpha value is -1.99. The average molecular weight is 251 g/mol. The fourth-order valence-corrected chi connectivity index (χ4v) is 1.76. The molecule has 0 aliphatic rings. The molecule has 0 amide bonds. The summed E-state index contributed by atoms with van der Waals surface area (Å²) in [4.78, 5) is 0. The second kappa shape index (κ2) is 5.11. The summed E-state index contributed by atoms with van der Waals surface area (Å²) in [6.07, 6.45) is 1.54. The maximum atomic E-state index is 14.0. The van der Waals surface area contributed by atoms with Crippen molar-refractivity contribution in [3.8, 4) is 5.75 Å². The van der Waals surface area contributed by atoms with Gasteiger partial charge in [0.15, 0.2) is 0 Å². The second-order valence-corrected chi connectivity index (χ2v) is 3.77. The molecule has 6 nitrogen and oxygen atoms in total. The summed E-state index contributed by atoms with van der Waals surface area (Å²) >= 11 is 0. The average Bonchev–Trinajstić information content (AvgIpc) is 2.78. The van der Waals surface area contributed by atoms with Crippen LogP contribution in [0.5, 0.6) is 5.75 Å². The van der Waals surface area contributed by atoms with Gasteiger partial charge in [0.25, 0.3) is 0 Å². The highest BCUT2D eigenvalue weighted by atomic mass is 19.1. The molecule has 0 fully saturated rings. The Kier molecular flexibility index (Phi) is 3.54. The Bertz CT molecular complexity index is 542. The molecule has 1 atom stereocenters. The minimum Gasteiger partial charge on any atom is -0.497 e. The Labute approximate surface area is 104 Å². The van der Waals surface area contributed by atoms with Crippen LogP contribution in [0.4, 0.5) is 4.39 Å².